The topological polar surface area (TPSA) is 92.8 Å². The van der Waals surface area contributed by atoms with Gasteiger partial charge in [-0.15, -0.1) is 0 Å². The van der Waals surface area contributed by atoms with Gasteiger partial charge in [0.25, 0.3) is 0 Å². The van der Waals surface area contributed by atoms with Crippen LogP contribution in [0, 0.1) is 0 Å². The number of ether oxygens (including phenoxy) is 6. The summed E-state index contributed by atoms with van der Waals surface area (Å²) in [5.74, 6) is -0.826. The number of carbonyl (C=O) groups is 2. The standard InChI is InChI=1S/C42H47NO8/c1-31(44)50-36-23-42(40(41(45)46-2)43(26-36)25-32-15-7-3-8-16-32)24-37(48-28-34-19-11-5-12-20-34)39(49-29-35-21-13-6-14-22-35)38(51-42)30-47-27-33-17-9-4-10-18-33/h3-22,36-40H,23-30H2,1-2H3/t36-,37+,38?,39-,40+,42+/m0/s1. The molecule has 0 radical (unpaired) electrons. The van der Waals surface area contributed by atoms with Gasteiger partial charge in [0.05, 0.1) is 39.6 Å². The number of hydrogen-bond acceptors (Lipinski definition) is 9. The van der Waals surface area contributed by atoms with Crippen molar-refractivity contribution in [3.63, 3.8) is 0 Å². The van der Waals surface area contributed by atoms with Crippen LogP contribution in [0.1, 0.15) is 42.0 Å². The first-order valence-corrected chi connectivity index (χ1v) is 17.6. The number of carbonyl (C=O) groups excluding carboxylic acids is 2. The van der Waals surface area contributed by atoms with Gasteiger partial charge in [0.15, 0.2) is 0 Å². The Bertz CT molecular complexity index is 1660. The van der Waals surface area contributed by atoms with Crippen molar-refractivity contribution >= 4 is 11.9 Å². The summed E-state index contributed by atoms with van der Waals surface area (Å²) in [6.45, 7) is 3.35. The first-order valence-electron chi connectivity index (χ1n) is 17.6. The molecule has 51 heavy (non-hydrogen) atoms. The van der Waals surface area contributed by atoms with Crippen LogP contribution in [0.4, 0.5) is 0 Å². The number of methoxy groups -OCH3 is 1. The molecule has 1 spiro atoms. The number of hydrogen-bond donors (Lipinski definition) is 0. The van der Waals surface area contributed by atoms with Gasteiger partial charge in [0.2, 0.25) is 0 Å². The average Bonchev–Trinajstić information content (AvgIpc) is 3.14. The van der Waals surface area contributed by atoms with E-state index in [0.717, 1.165) is 22.3 Å². The number of likely N-dealkylation sites (tertiary alicyclic amines) is 1. The second-order valence-electron chi connectivity index (χ2n) is 13.3. The number of rotatable bonds is 14. The predicted octanol–water partition coefficient (Wildman–Crippen LogP) is 6.28. The van der Waals surface area contributed by atoms with E-state index in [1.807, 2.05) is 126 Å². The van der Waals surface area contributed by atoms with Crippen LogP contribution < -0.4 is 0 Å². The van der Waals surface area contributed by atoms with Crippen molar-refractivity contribution in [1.82, 2.24) is 4.90 Å². The Kier molecular flexibility index (Phi) is 12.6. The van der Waals surface area contributed by atoms with Crippen molar-refractivity contribution < 1.29 is 38.0 Å². The van der Waals surface area contributed by atoms with Gasteiger partial charge in [-0.1, -0.05) is 121 Å². The van der Waals surface area contributed by atoms with Crippen LogP contribution in [0.25, 0.3) is 0 Å². The van der Waals surface area contributed by atoms with E-state index < -0.39 is 48.0 Å². The summed E-state index contributed by atoms with van der Waals surface area (Å²) in [6, 6.07) is 39.0. The van der Waals surface area contributed by atoms with Gasteiger partial charge in [-0.25, -0.2) is 0 Å². The number of nitrogens with zero attached hydrogens (tertiary/aromatic N) is 1. The maximum atomic E-state index is 14.0. The third kappa shape index (κ3) is 9.70. The monoisotopic (exact) mass is 693 g/mol. The summed E-state index contributed by atoms with van der Waals surface area (Å²) in [7, 11) is 1.40. The molecule has 0 aromatic heterocycles. The molecule has 4 aromatic rings. The summed E-state index contributed by atoms with van der Waals surface area (Å²) >= 11 is 0. The Morgan fingerprint density at radius 1 is 0.725 bits per heavy atom. The molecule has 2 heterocycles. The first-order chi connectivity index (χ1) is 24.9. The van der Waals surface area contributed by atoms with E-state index in [9.17, 15) is 9.59 Å². The molecule has 2 aliphatic rings. The first kappa shape index (κ1) is 36.4. The second-order valence-corrected chi connectivity index (χ2v) is 13.3. The molecular formula is C42H47NO8. The maximum Gasteiger partial charge on any atom is 0.326 e. The smallest absolute Gasteiger partial charge is 0.326 e. The molecule has 0 amide bonds. The largest absolute Gasteiger partial charge is 0.468 e. The van der Waals surface area contributed by atoms with E-state index in [1.54, 1.807) is 0 Å². The van der Waals surface area contributed by atoms with Crippen LogP contribution in [-0.4, -0.2) is 73.2 Å². The van der Waals surface area contributed by atoms with E-state index in [-0.39, 0.29) is 19.4 Å². The molecule has 0 bridgehead atoms. The Labute approximate surface area is 300 Å². The molecule has 6 rings (SSSR count). The lowest BCUT2D eigenvalue weighted by Crippen LogP contribution is -2.71. The molecule has 6 atom stereocenters. The van der Waals surface area contributed by atoms with Crippen LogP contribution in [0.15, 0.2) is 121 Å². The minimum absolute atomic E-state index is 0.173. The zero-order valence-electron chi connectivity index (χ0n) is 29.3. The van der Waals surface area contributed by atoms with Crippen molar-refractivity contribution in [3.05, 3.63) is 144 Å². The van der Waals surface area contributed by atoms with Crippen molar-refractivity contribution in [2.45, 2.75) is 82.2 Å². The molecule has 9 heteroatoms. The van der Waals surface area contributed by atoms with Crippen molar-refractivity contribution in [3.8, 4) is 0 Å². The lowest BCUT2D eigenvalue weighted by Gasteiger charge is -2.56. The third-order valence-electron chi connectivity index (χ3n) is 9.51. The van der Waals surface area contributed by atoms with E-state index in [4.69, 9.17) is 28.4 Å². The van der Waals surface area contributed by atoms with Crippen molar-refractivity contribution in [1.29, 1.82) is 0 Å². The van der Waals surface area contributed by atoms with Crippen molar-refractivity contribution in [2.75, 3.05) is 20.3 Å². The summed E-state index contributed by atoms with van der Waals surface area (Å²) in [5, 5.41) is 0. The Morgan fingerprint density at radius 2 is 1.25 bits per heavy atom. The minimum atomic E-state index is -1.17. The number of piperidine rings is 1. The van der Waals surface area contributed by atoms with Crippen molar-refractivity contribution in [2.24, 2.45) is 0 Å². The van der Waals surface area contributed by atoms with Gasteiger partial charge < -0.3 is 28.4 Å². The summed E-state index contributed by atoms with van der Waals surface area (Å²) in [5.41, 5.74) is 2.88. The summed E-state index contributed by atoms with van der Waals surface area (Å²) < 4.78 is 38.4. The van der Waals surface area contributed by atoms with Crippen LogP contribution >= 0.6 is 0 Å². The second kappa shape index (κ2) is 17.7. The molecule has 9 nitrogen and oxygen atoms in total. The molecule has 2 aliphatic heterocycles. The Balaban J connectivity index is 1.38. The number of esters is 2. The van der Waals surface area contributed by atoms with Crippen LogP contribution in [0.3, 0.4) is 0 Å². The molecule has 0 saturated carbocycles. The summed E-state index contributed by atoms with van der Waals surface area (Å²) in [6.07, 6.45) is -1.70. The molecule has 4 aromatic carbocycles. The molecule has 2 fully saturated rings. The highest BCUT2D eigenvalue weighted by atomic mass is 16.6. The minimum Gasteiger partial charge on any atom is -0.468 e. The molecule has 268 valence electrons. The Hall–Kier alpha value is -4.38. The highest BCUT2D eigenvalue weighted by Crippen LogP contribution is 2.44. The van der Waals surface area contributed by atoms with Gasteiger partial charge in [-0.2, -0.15) is 0 Å². The molecule has 0 aliphatic carbocycles. The fourth-order valence-corrected chi connectivity index (χ4v) is 7.35. The predicted molar refractivity (Wildman–Crippen MR) is 191 cm³/mol. The van der Waals surface area contributed by atoms with Gasteiger partial charge in [0, 0.05) is 32.9 Å². The van der Waals surface area contributed by atoms with Gasteiger partial charge in [0.1, 0.15) is 30.0 Å². The zero-order valence-corrected chi connectivity index (χ0v) is 29.3. The highest BCUT2D eigenvalue weighted by molar-refractivity contribution is 5.78. The summed E-state index contributed by atoms with van der Waals surface area (Å²) in [4.78, 5) is 28.4. The lowest BCUT2D eigenvalue weighted by molar-refractivity contribution is -0.284. The van der Waals surface area contributed by atoms with Crippen LogP contribution in [0.2, 0.25) is 0 Å². The molecule has 2 saturated heterocycles. The lowest BCUT2D eigenvalue weighted by atomic mass is 9.75. The third-order valence-corrected chi connectivity index (χ3v) is 9.51. The molecule has 1 unspecified atom stereocenters. The highest BCUT2D eigenvalue weighted by Gasteiger charge is 2.60. The Morgan fingerprint density at radius 3 is 1.80 bits per heavy atom. The normalized spacial score (nSPS) is 24.9. The fraction of sp³-hybridized carbons (Fsp3) is 0.381. The number of benzene rings is 4. The van der Waals surface area contributed by atoms with Gasteiger partial charge in [-0.3, -0.25) is 14.5 Å². The van der Waals surface area contributed by atoms with Gasteiger partial charge in [-0.05, 0) is 22.3 Å². The van der Waals surface area contributed by atoms with E-state index in [2.05, 4.69) is 0 Å². The maximum absolute atomic E-state index is 14.0. The molecular weight excluding hydrogens is 646 g/mol. The quantitative estimate of drug-likeness (QED) is 0.142. The van der Waals surface area contributed by atoms with Crippen LogP contribution in [0.5, 0.6) is 0 Å². The van der Waals surface area contributed by atoms with E-state index in [1.165, 1.54) is 14.0 Å². The average molecular weight is 694 g/mol. The SMILES string of the molecule is COC(=O)[C@H]1N(Cc2ccccc2)C[C@@H](OC(C)=O)C[C@@]12C[C@@H](OCc1ccccc1)[C@H](OCc1ccccc1)C(COCc1ccccc1)O2. The van der Waals surface area contributed by atoms with Gasteiger partial charge >= 0.3 is 11.9 Å². The van der Waals surface area contributed by atoms with E-state index >= 15 is 0 Å². The van der Waals surface area contributed by atoms with Crippen LogP contribution in [-0.2, 0) is 64.4 Å². The fourth-order valence-electron chi connectivity index (χ4n) is 7.35. The molecule has 0 N–H and O–H groups in total. The zero-order chi connectivity index (χ0) is 35.5. The van der Waals surface area contributed by atoms with E-state index in [0.29, 0.717) is 32.9 Å².